The van der Waals surface area contributed by atoms with Gasteiger partial charge in [-0.1, -0.05) is 23.2 Å². The summed E-state index contributed by atoms with van der Waals surface area (Å²) >= 11 is 12.1. The molecular weight excluding hydrogens is 435 g/mol. The molecule has 2 heterocycles. The number of piperidine rings is 1. The van der Waals surface area contributed by atoms with E-state index in [1.165, 1.54) is 18.2 Å². The lowest BCUT2D eigenvalue weighted by Gasteiger charge is -2.31. The highest BCUT2D eigenvalue weighted by Crippen LogP contribution is 2.28. The summed E-state index contributed by atoms with van der Waals surface area (Å²) < 4.78 is 33.0. The third kappa shape index (κ3) is 5.63. The van der Waals surface area contributed by atoms with Crippen LogP contribution < -0.4 is 4.72 Å². The Morgan fingerprint density at radius 1 is 1.28 bits per heavy atom. The number of furan rings is 1. The van der Waals surface area contributed by atoms with Crippen molar-refractivity contribution in [2.75, 3.05) is 19.6 Å². The van der Waals surface area contributed by atoms with E-state index in [9.17, 15) is 13.2 Å². The van der Waals surface area contributed by atoms with Crippen molar-refractivity contribution in [3.8, 4) is 0 Å². The molecule has 0 aliphatic carbocycles. The highest BCUT2D eigenvalue weighted by atomic mass is 35.5. The van der Waals surface area contributed by atoms with Crippen LogP contribution in [0, 0.1) is 12.8 Å². The predicted molar refractivity (Wildman–Crippen MR) is 113 cm³/mol. The average molecular weight is 457 g/mol. The fraction of sp³-hybridized carbons (Fsp3) is 0.350. The molecule has 1 amide bonds. The molecule has 0 atom stereocenters. The zero-order valence-electron chi connectivity index (χ0n) is 15.9. The van der Waals surface area contributed by atoms with Gasteiger partial charge in [0.05, 0.1) is 11.3 Å². The van der Waals surface area contributed by atoms with Crippen LogP contribution in [0.25, 0.3) is 6.08 Å². The minimum absolute atomic E-state index is 0.0248. The second-order valence-electron chi connectivity index (χ2n) is 7.00. The van der Waals surface area contributed by atoms with E-state index < -0.39 is 10.0 Å². The maximum atomic E-state index is 12.6. The van der Waals surface area contributed by atoms with E-state index in [1.54, 1.807) is 36.3 Å². The first kappa shape index (κ1) is 21.9. The van der Waals surface area contributed by atoms with Gasteiger partial charge in [-0.2, -0.15) is 0 Å². The fourth-order valence-electron chi connectivity index (χ4n) is 3.14. The van der Waals surface area contributed by atoms with Gasteiger partial charge in [0.1, 0.15) is 10.7 Å². The summed E-state index contributed by atoms with van der Waals surface area (Å²) in [6, 6.07) is 6.44. The summed E-state index contributed by atoms with van der Waals surface area (Å²) in [4.78, 5) is 14.0. The van der Waals surface area contributed by atoms with Crippen LogP contribution in [0.3, 0.4) is 0 Å². The third-order valence-electron chi connectivity index (χ3n) is 4.92. The van der Waals surface area contributed by atoms with Gasteiger partial charge in [0.15, 0.2) is 0 Å². The zero-order chi connectivity index (χ0) is 21.0. The quantitative estimate of drug-likeness (QED) is 0.662. The van der Waals surface area contributed by atoms with Crippen molar-refractivity contribution in [2.45, 2.75) is 24.7 Å². The second kappa shape index (κ2) is 9.34. The van der Waals surface area contributed by atoms with E-state index >= 15 is 0 Å². The van der Waals surface area contributed by atoms with Crippen molar-refractivity contribution < 1.29 is 17.6 Å². The van der Waals surface area contributed by atoms with Gasteiger partial charge in [-0.05, 0) is 61.6 Å². The number of nitrogens with one attached hydrogen (secondary N) is 1. The van der Waals surface area contributed by atoms with Crippen LogP contribution in [0.1, 0.15) is 24.2 Å². The van der Waals surface area contributed by atoms with Crippen LogP contribution in [-0.2, 0) is 14.8 Å². The lowest BCUT2D eigenvalue weighted by atomic mass is 9.97. The molecular formula is C20H22Cl2N2O4S. The number of aryl methyl sites for hydroxylation is 1. The summed E-state index contributed by atoms with van der Waals surface area (Å²) in [7, 11) is -3.74. The van der Waals surface area contributed by atoms with Crippen LogP contribution >= 0.6 is 23.2 Å². The van der Waals surface area contributed by atoms with E-state index in [4.69, 9.17) is 27.6 Å². The molecule has 0 radical (unpaired) electrons. The van der Waals surface area contributed by atoms with Gasteiger partial charge >= 0.3 is 0 Å². The molecule has 0 bridgehead atoms. The Balaban J connectivity index is 1.52. The maximum Gasteiger partial charge on any atom is 0.246 e. The molecule has 0 saturated carbocycles. The number of hydrogen-bond acceptors (Lipinski definition) is 4. The molecule has 1 aromatic heterocycles. The molecule has 0 unspecified atom stereocenters. The van der Waals surface area contributed by atoms with Gasteiger partial charge in [0.2, 0.25) is 15.9 Å². The topological polar surface area (TPSA) is 79.6 Å². The molecule has 1 fully saturated rings. The van der Waals surface area contributed by atoms with Crippen molar-refractivity contribution in [2.24, 2.45) is 5.92 Å². The standard InChI is InChI=1S/C20H22Cl2N2O4S/c1-14-11-19(18(22)12-17(14)21)29(26,27)23-13-15-6-8-24(9-7-15)20(25)5-4-16-3-2-10-28-16/h2-5,10-12,15,23H,6-9,13H2,1H3/b5-4+. The molecule has 29 heavy (non-hydrogen) atoms. The second-order valence-corrected chi connectivity index (χ2v) is 9.55. The zero-order valence-corrected chi connectivity index (χ0v) is 18.2. The van der Waals surface area contributed by atoms with Gasteiger partial charge in [-0.15, -0.1) is 0 Å². The van der Waals surface area contributed by atoms with Crippen molar-refractivity contribution in [1.29, 1.82) is 0 Å². The van der Waals surface area contributed by atoms with E-state index in [0.717, 1.165) is 12.8 Å². The number of carbonyl (C=O) groups excluding carboxylic acids is 1. The summed E-state index contributed by atoms with van der Waals surface area (Å²) in [6.45, 7) is 3.18. The minimum Gasteiger partial charge on any atom is -0.465 e. The molecule has 1 N–H and O–H groups in total. The number of rotatable bonds is 6. The summed E-state index contributed by atoms with van der Waals surface area (Å²) in [5.74, 6) is 0.692. The molecule has 2 aromatic rings. The van der Waals surface area contributed by atoms with Crippen LogP contribution in [0.4, 0.5) is 0 Å². The van der Waals surface area contributed by atoms with Crippen molar-refractivity contribution in [3.05, 3.63) is 58.0 Å². The number of carbonyl (C=O) groups is 1. The number of likely N-dealkylation sites (tertiary alicyclic amines) is 1. The van der Waals surface area contributed by atoms with Gasteiger partial charge in [0.25, 0.3) is 0 Å². The summed E-state index contributed by atoms with van der Waals surface area (Å²) in [5.41, 5.74) is 0.644. The number of hydrogen-bond donors (Lipinski definition) is 1. The monoisotopic (exact) mass is 456 g/mol. The van der Waals surface area contributed by atoms with Crippen LogP contribution in [-0.4, -0.2) is 38.9 Å². The molecule has 1 aromatic carbocycles. The van der Waals surface area contributed by atoms with Crippen LogP contribution in [0.5, 0.6) is 0 Å². The Morgan fingerprint density at radius 2 is 2.00 bits per heavy atom. The van der Waals surface area contributed by atoms with E-state index in [0.29, 0.717) is 36.0 Å². The maximum absolute atomic E-state index is 12.6. The molecule has 9 heteroatoms. The first-order valence-electron chi connectivity index (χ1n) is 9.22. The number of halogens is 2. The van der Waals surface area contributed by atoms with Gasteiger partial charge in [0, 0.05) is 30.7 Å². The number of benzene rings is 1. The molecule has 6 nitrogen and oxygen atoms in total. The molecule has 156 valence electrons. The van der Waals surface area contributed by atoms with E-state index in [-0.39, 0.29) is 21.7 Å². The summed E-state index contributed by atoms with van der Waals surface area (Å²) in [5, 5.41) is 0.518. The Hall–Kier alpha value is -1.80. The Kier molecular flexibility index (Phi) is 7.05. The Labute approximate surface area is 180 Å². The smallest absolute Gasteiger partial charge is 0.246 e. The van der Waals surface area contributed by atoms with Gasteiger partial charge in [-0.25, -0.2) is 13.1 Å². The van der Waals surface area contributed by atoms with Crippen LogP contribution in [0.2, 0.25) is 10.0 Å². The highest BCUT2D eigenvalue weighted by molar-refractivity contribution is 7.89. The lowest BCUT2D eigenvalue weighted by molar-refractivity contribution is -0.127. The van der Waals surface area contributed by atoms with Crippen molar-refractivity contribution >= 4 is 45.2 Å². The van der Waals surface area contributed by atoms with Crippen molar-refractivity contribution in [3.63, 3.8) is 0 Å². The number of sulfonamides is 1. The van der Waals surface area contributed by atoms with Gasteiger partial charge < -0.3 is 9.32 Å². The molecule has 1 saturated heterocycles. The van der Waals surface area contributed by atoms with E-state index in [2.05, 4.69) is 4.72 Å². The number of nitrogens with zero attached hydrogens (tertiary/aromatic N) is 1. The van der Waals surface area contributed by atoms with E-state index in [1.807, 2.05) is 0 Å². The Bertz CT molecular complexity index is 996. The SMILES string of the molecule is Cc1cc(S(=O)(=O)NCC2CCN(C(=O)/C=C/c3ccco3)CC2)c(Cl)cc1Cl. The molecule has 0 spiro atoms. The first-order chi connectivity index (χ1) is 13.8. The fourth-order valence-corrected chi connectivity index (χ4v) is 5.09. The molecule has 3 rings (SSSR count). The largest absolute Gasteiger partial charge is 0.465 e. The molecule has 1 aliphatic heterocycles. The van der Waals surface area contributed by atoms with Crippen molar-refractivity contribution in [1.82, 2.24) is 9.62 Å². The molecule has 1 aliphatic rings. The lowest BCUT2D eigenvalue weighted by Crippen LogP contribution is -2.41. The normalized spacial score (nSPS) is 15.9. The summed E-state index contributed by atoms with van der Waals surface area (Å²) in [6.07, 6.45) is 6.12. The number of amides is 1. The highest BCUT2D eigenvalue weighted by Gasteiger charge is 2.25. The third-order valence-corrected chi connectivity index (χ3v) is 7.22. The average Bonchev–Trinajstić information content (AvgIpc) is 3.21. The van der Waals surface area contributed by atoms with Crippen LogP contribution in [0.15, 0.2) is 45.9 Å². The van der Waals surface area contributed by atoms with Gasteiger partial charge in [-0.3, -0.25) is 4.79 Å². The Morgan fingerprint density at radius 3 is 2.66 bits per heavy atom. The predicted octanol–water partition coefficient (Wildman–Crippen LogP) is 4.13. The first-order valence-corrected chi connectivity index (χ1v) is 11.5. The minimum atomic E-state index is -3.74.